The predicted octanol–water partition coefficient (Wildman–Crippen LogP) is 8.43. The van der Waals surface area contributed by atoms with Crippen molar-refractivity contribution in [2.75, 3.05) is 7.11 Å². The van der Waals surface area contributed by atoms with Crippen LogP contribution >= 0.6 is 0 Å². The van der Waals surface area contributed by atoms with Crippen LogP contribution in [0.2, 0.25) is 0 Å². The first-order chi connectivity index (χ1) is 15.6. The van der Waals surface area contributed by atoms with Crippen LogP contribution in [0.25, 0.3) is 0 Å². The lowest BCUT2D eigenvalue weighted by atomic mass is 9.85. The molecule has 0 bridgehead atoms. The SMILES string of the molecule is COc1cc2c(c(C)c1[N+](=O)[O-])OC(C)(CCC[C@H](C)CCC[C@H](C)CCCC(C)C)CC2. The van der Waals surface area contributed by atoms with Crippen LogP contribution in [0.4, 0.5) is 5.69 Å². The summed E-state index contributed by atoms with van der Waals surface area (Å²) in [4.78, 5) is 11.2. The quantitative estimate of drug-likeness (QED) is 0.206. The molecule has 0 N–H and O–H groups in total. The highest BCUT2D eigenvalue weighted by Gasteiger charge is 2.35. The minimum atomic E-state index is -0.364. The lowest BCUT2D eigenvalue weighted by Crippen LogP contribution is -2.36. The number of rotatable bonds is 14. The van der Waals surface area contributed by atoms with Crippen molar-refractivity contribution >= 4 is 5.69 Å². The maximum Gasteiger partial charge on any atom is 0.317 e. The summed E-state index contributed by atoms with van der Waals surface area (Å²) in [6.45, 7) is 13.3. The Morgan fingerprint density at radius 1 is 1.06 bits per heavy atom. The van der Waals surface area contributed by atoms with Gasteiger partial charge in [0.1, 0.15) is 11.4 Å². The van der Waals surface area contributed by atoms with Gasteiger partial charge in [0.15, 0.2) is 5.75 Å². The Kier molecular flexibility index (Phi) is 10.5. The van der Waals surface area contributed by atoms with E-state index in [1.807, 2.05) is 0 Å². The molecule has 1 aliphatic rings. The number of hydrogen-bond donors (Lipinski definition) is 0. The van der Waals surface area contributed by atoms with E-state index in [9.17, 15) is 10.1 Å². The third-order valence-corrected chi connectivity index (χ3v) is 7.48. The number of fused-ring (bicyclic) bond motifs is 1. The monoisotopic (exact) mass is 461 g/mol. The van der Waals surface area contributed by atoms with Gasteiger partial charge >= 0.3 is 5.69 Å². The van der Waals surface area contributed by atoms with E-state index in [0.29, 0.717) is 17.1 Å². The van der Waals surface area contributed by atoms with Crippen molar-refractivity contribution in [3.8, 4) is 11.5 Å². The maximum atomic E-state index is 11.6. The van der Waals surface area contributed by atoms with Crippen LogP contribution in [-0.4, -0.2) is 17.6 Å². The zero-order chi connectivity index (χ0) is 24.6. The summed E-state index contributed by atoms with van der Waals surface area (Å²) in [5, 5.41) is 11.6. The third kappa shape index (κ3) is 8.19. The molecule has 0 aromatic heterocycles. The fourth-order valence-corrected chi connectivity index (χ4v) is 5.21. The first-order valence-electron chi connectivity index (χ1n) is 13.1. The second kappa shape index (κ2) is 12.6. The molecule has 0 spiro atoms. The van der Waals surface area contributed by atoms with Crippen molar-refractivity contribution in [2.45, 2.75) is 118 Å². The van der Waals surface area contributed by atoms with Gasteiger partial charge in [0.25, 0.3) is 0 Å². The molecule has 0 saturated carbocycles. The molecular weight excluding hydrogens is 414 g/mol. The average Bonchev–Trinajstić information content (AvgIpc) is 2.73. The highest BCUT2D eigenvalue weighted by atomic mass is 16.6. The fraction of sp³-hybridized carbons (Fsp3) is 0.786. The van der Waals surface area contributed by atoms with Crippen LogP contribution < -0.4 is 9.47 Å². The highest BCUT2D eigenvalue weighted by Crippen LogP contribution is 2.45. The topological polar surface area (TPSA) is 61.6 Å². The molecule has 0 aliphatic carbocycles. The second-order valence-electron chi connectivity index (χ2n) is 11.2. The lowest BCUT2D eigenvalue weighted by molar-refractivity contribution is -0.386. The van der Waals surface area contributed by atoms with Crippen molar-refractivity contribution in [1.82, 2.24) is 0 Å². The Morgan fingerprint density at radius 2 is 1.64 bits per heavy atom. The van der Waals surface area contributed by atoms with E-state index < -0.39 is 0 Å². The molecule has 3 atom stereocenters. The van der Waals surface area contributed by atoms with E-state index in [1.54, 1.807) is 13.0 Å². The molecule has 2 rings (SSSR count). The van der Waals surface area contributed by atoms with Crippen molar-refractivity contribution in [2.24, 2.45) is 17.8 Å². The van der Waals surface area contributed by atoms with E-state index in [4.69, 9.17) is 9.47 Å². The van der Waals surface area contributed by atoms with Gasteiger partial charge in [-0.3, -0.25) is 10.1 Å². The smallest absolute Gasteiger partial charge is 0.317 e. The van der Waals surface area contributed by atoms with Gasteiger partial charge in [-0.15, -0.1) is 0 Å². The predicted molar refractivity (Wildman–Crippen MR) is 136 cm³/mol. The summed E-state index contributed by atoms with van der Waals surface area (Å²) in [5.74, 6) is 3.42. The number of benzene rings is 1. The summed E-state index contributed by atoms with van der Waals surface area (Å²) in [6, 6.07) is 1.78. The van der Waals surface area contributed by atoms with Crippen molar-refractivity contribution in [3.05, 3.63) is 27.3 Å². The number of nitro groups is 1. The third-order valence-electron chi connectivity index (χ3n) is 7.48. The molecule has 0 saturated heterocycles. The van der Waals surface area contributed by atoms with Gasteiger partial charge in [-0.1, -0.05) is 72.6 Å². The minimum Gasteiger partial charge on any atom is -0.490 e. The molecule has 0 radical (unpaired) electrons. The van der Waals surface area contributed by atoms with E-state index in [1.165, 1.54) is 52.1 Å². The Bertz CT molecular complexity index is 776. The summed E-state index contributed by atoms with van der Waals surface area (Å²) >= 11 is 0. The van der Waals surface area contributed by atoms with Crippen LogP contribution in [-0.2, 0) is 6.42 Å². The van der Waals surface area contributed by atoms with Gasteiger partial charge in [0, 0.05) is 0 Å². The van der Waals surface area contributed by atoms with Gasteiger partial charge in [0.05, 0.1) is 17.6 Å². The Hall–Kier alpha value is -1.78. The Labute approximate surface area is 201 Å². The Morgan fingerprint density at radius 3 is 2.18 bits per heavy atom. The molecule has 1 aromatic rings. The van der Waals surface area contributed by atoms with Crippen molar-refractivity contribution < 1.29 is 14.4 Å². The van der Waals surface area contributed by atoms with Gasteiger partial charge in [-0.05, 0) is 68.9 Å². The number of nitro benzene ring substituents is 1. The molecule has 1 heterocycles. The van der Waals surface area contributed by atoms with Crippen molar-refractivity contribution in [3.63, 3.8) is 0 Å². The molecule has 0 fully saturated rings. The van der Waals surface area contributed by atoms with Crippen LogP contribution in [0, 0.1) is 34.8 Å². The van der Waals surface area contributed by atoms with E-state index in [2.05, 4.69) is 34.6 Å². The van der Waals surface area contributed by atoms with Crippen molar-refractivity contribution in [1.29, 1.82) is 0 Å². The fourth-order valence-electron chi connectivity index (χ4n) is 5.21. The molecule has 5 nitrogen and oxygen atoms in total. The average molecular weight is 462 g/mol. The minimum absolute atomic E-state index is 0.0209. The number of nitrogens with zero attached hydrogens (tertiary/aromatic N) is 1. The zero-order valence-corrected chi connectivity index (χ0v) is 22.2. The lowest BCUT2D eigenvalue weighted by Gasteiger charge is -2.37. The Balaban J connectivity index is 1.80. The zero-order valence-electron chi connectivity index (χ0n) is 22.2. The van der Waals surface area contributed by atoms with Gasteiger partial charge < -0.3 is 9.47 Å². The largest absolute Gasteiger partial charge is 0.490 e. The number of hydrogen-bond acceptors (Lipinski definition) is 4. The number of ether oxygens (including phenoxy) is 2. The van der Waals surface area contributed by atoms with Crippen LogP contribution in [0.1, 0.15) is 110 Å². The summed E-state index contributed by atoms with van der Waals surface area (Å²) < 4.78 is 11.7. The first kappa shape index (κ1) is 27.5. The van der Waals surface area contributed by atoms with Gasteiger partial charge in [-0.2, -0.15) is 0 Å². The van der Waals surface area contributed by atoms with E-state index in [-0.39, 0.29) is 16.2 Å². The van der Waals surface area contributed by atoms with E-state index in [0.717, 1.165) is 49.0 Å². The van der Waals surface area contributed by atoms with Crippen LogP contribution in [0.15, 0.2) is 6.07 Å². The summed E-state index contributed by atoms with van der Waals surface area (Å²) in [6.07, 6.45) is 13.2. The van der Waals surface area contributed by atoms with E-state index >= 15 is 0 Å². The molecule has 188 valence electrons. The van der Waals surface area contributed by atoms with Gasteiger partial charge in [-0.25, -0.2) is 0 Å². The number of methoxy groups -OCH3 is 1. The standard InChI is InChI=1S/C28H47NO4/c1-20(2)11-8-12-21(3)13-9-14-22(4)15-10-17-28(6)18-16-24-19-25(32-7)26(29(30)31)23(5)27(24)33-28/h19-22H,8-18H2,1-7H3/t21-,22-,28?/m1/s1. The molecule has 33 heavy (non-hydrogen) atoms. The molecular formula is C28H47NO4. The number of aryl methyl sites for hydroxylation is 1. The molecule has 1 aromatic carbocycles. The van der Waals surface area contributed by atoms with Crippen LogP contribution in [0.3, 0.4) is 0 Å². The summed E-state index contributed by atoms with van der Waals surface area (Å²) in [5.41, 5.74) is 1.36. The highest BCUT2D eigenvalue weighted by molar-refractivity contribution is 5.62. The van der Waals surface area contributed by atoms with Crippen LogP contribution in [0.5, 0.6) is 11.5 Å². The second-order valence-corrected chi connectivity index (χ2v) is 11.2. The normalized spacial score (nSPS) is 19.6. The molecule has 1 aliphatic heterocycles. The molecule has 5 heteroatoms. The molecule has 1 unspecified atom stereocenters. The molecule has 0 amide bonds. The van der Waals surface area contributed by atoms with Gasteiger partial charge in [0.2, 0.25) is 0 Å². The summed E-state index contributed by atoms with van der Waals surface area (Å²) in [7, 11) is 1.48. The maximum absolute atomic E-state index is 11.6. The first-order valence-corrected chi connectivity index (χ1v) is 13.1.